The second kappa shape index (κ2) is 5.39. The molecule has 2 aromatic rings. The van der Waals surface area contributed by atoms with Gasteiger partial charge in [-0.05, 0) is 53.9 Å². The lowest BCUT2D eigenvalue weighted by Crippen LogP contribution is -2.03. The Morgan fingerprint density at radius 2 is 2.16 bits per heavy atom. The molecule has 0 spiro atoms. The lowest BCUT2D eigenvalue weighted by Gasteiger charge is -2.10. The molecule has 0 bridgehead atoms. The number of hydrogen-bond acceptors (Lipinski definition) is 4. The first kappa shape index (κ1) is 12.8. The Hall–Kier alpha value is -1.26. The van der Waals surface area contributed by atoms with Crippen molar-refractivity contribution < 1.29 is 5.11 Å². The zero-order valence-corrected chi connectivity index (χ0v) is 11.9. The van der Waals surface area contributed by atoms with Gasteiger partial charge in [0.2, 0.25) is 0 Å². The highest BCUT2D eigenvalue weighted by molar-refractivity contribution is 7.05. The van der Waals surface area contributed by atoms with E-state index in [1.807, 2.05) is 6.92 Å². The molecule has 1 unspecified atom stereocenters. The van der Waals surface area contributed by atoms with E-state index in [4.69, 9.17) is 0 Å². The summed E-state index contributed by atoms with van der Waals surface area (Å²) >= 11 is 1.32. The normalized spacial score (nSPS) is 15.5. The van der Waals surface area contributed by atoms with E-state index >= 15 is 0 Å². The number of hydrogen-bond donors (Lipinski definition) is 1. The van der Waals surface area contributed by atoms with Crippen molar-refractivity contribution in [2.75, 3.05) is 0 Å². The fraction of sp³-hybridized carbons (Fsp3) is 0.467. The van der Waals surface area contributed by atoms with Gasteiger partial charge in [0.15, 0.2) is 0 Å². The molecular formula is C15H18N2OS. The molecule has 1 heterocycles. The Morgan fingerprint density at radius 1 is 1.32 bits per heavy atom. The van der Waals surface area contributed by atoms with Crippen molar-refractivity contribution in [3.63, 3.8) is 0 Å². The van der Waals surface area contributed by atoms with E-state index in [0.29, 0.717) is 6.42 Å². The fourth-order valence-corrected chi connectivity index (χ4v) is 3.50. The fourth-order valence-electron chi connectivity index (χ4n) is 2.78. The third-order valence-electron chi connectivity index (χ3n) is 3.81. The number of nitrogens with zero attached hydrogens (tertiary/aromatic N) is 2. The van der Waals surface area contributed by atoms with E-state index in [-0.39, 0.29) is 0 Å². The van der Waals surface area contributed by atoms with Crippen LogP contribution in [-0.4, -0.2) is 14.7 Å². The molecule has 0 radical (unpaired) electrons. The lowest BCUT2D eigenvalue weighted by atomic mass is 10.0. The molecule has 0 saturated heterocycles. The number of aliphatic hydroxyl groups is 1. The molecule has 0 saturated carbocycles. The summed E-state index contributed by atoms with van der Waals surface area (Å²) < 4.78 is 3.95. The van der Waals surface area contributed by atoms with Crippen LogP contribution in [0.1, 0.15) is 46.7 Å². The molecule has 100 valence electrons. The molecule has 1 N–H and O–H groups in total. The van der Waals surface area contributed by atoms with Crippen molar-refractivity contribution in [2.24, 2.45) is 0 Å². The van der Waals surface area contributed by atoms with E-state index in [2.05, 4.69) is 27.8 Å². The van der Waals surface area contributed by atoms with E-state index in [9.17, 15) is 5.11 Å². The van der Waals surface area contributed by atoms with Crippen LogP contribution in [0.4, 0.5) is 0 Å². The maximum Gasteiger partial charge on any atom is 0.0957 e. The smallest absolute Gasteiger partial charge is 0.0957 e. The topological polar surface area (TPSA) is 46.0 Å². The van der Waals surface area contributed by atoms with Gasteiger partial charge in [0, 0.05) is 6.42 Å². The van der Waals surface area contributed by atoms with Gasteiger partial charge in [-0.25, -0.2) is 0 Å². The summed E-state index contributed by atoms with van der Waals surface area (Å²) in [5.41, 5.74) is 5.08. The average molecular weight is 274 g/mol. The molecule has 1 atom stereocenters. The molecular weight excluding hydrogens is 256 g/mol. The second-order valence-corrected chi connectivity index (χ2v) is 5.90. The van der Waals surface area contributed by atoms with Gasteiger partial charge in [0.1, 0.15) is 0 Å². The average Bonchev–Trinajstić information content (AvgIpc) is 3.06. The first-order valence-electron chi connectivity index (χ1n) is 6.87. The van der Waals surface area contributed by atoms with Crippen molar-refractivity contribution in [1.29, 1.82) is 0 Å². The first-order valence-corrected chi connectivity index (χ1v) is 7.65. The summed E-state index contributed by atoms with van der Waals surface area (Å²) in [6.07, 6.45) is 4.66. The van der Waals surface area contributed by atoms with Gasteiger partial charge in [-0.1, -0.05) is 29.6 Å². The van der Waals surface area contributed by atoms with Gasteiger partial charge in [-0.3, -0.25) is 0 Å². The highest BCUT2D eigenvalue weighted by Gasteiger charge is 2.17. The third-order valence-corrected chi connectivity index (χ3v) is 4.68. The van der Waals surface area contributed by atoms with Gasteiger partial charge in [-0.15, -0.1) is 5.10 Å². The maximum atomic E-state index is 10.4. The third kappa shape index (κ3) is 2.55. The molecule has 1 aromatic heterocycles. The van der Waals surface area contributed by atoms with Crippen LogP contribution in [0.2, 0.25) is 0 Å². The molecule has 0 amide bonds. The lowest BCUT2D eigenvalue weighted by molar-refractivity contribution is 0.181. The Balaban J connectivity index is 1.78. The molecule has 0 fully saturated rings. The van der Waals surface area contributed by atoms with Crippen LogP contribution in [0, 0.1) is 0 Å². The molecule has 1 aliphatic rings. The zero-order valence-electron chi connectivity index (χ0n) is 11.1. The zero-order chi connectivity index (χ0) is 13.2. The van der Waals surface area contributed by atoms with Crippen LogP contribution in [-0.2, 0) is 25.7 Å². The minimum atomic E-state index is -0.477. The molecule has 4 heteroatoms. The number of aryl methyl sites for hydroxylation is 3. The summed E-state index contributed by atoms with van der Waals surface area (Å²) in [6, 6.07) is 6.62. The molecule has 1 aliphatic carbocycles. The number of aliphatic hydroxyl groups excluding tert-OH is 1. The quantitative estimate of drug-likeness (QED) is 0.932. The Labute approximate surface area is 117 Å². The summed E-state index contributed by atoms with van der Waals surface area (Å²) in [4.78, 5) is 0.919. The van der Waals surface area contributed by atoms with Crippen molar-refractivity contribution in [2.45, 2.75) is 45.1 Å². The Morgan fingerprint density at radius 3 is 3.00 bits per heavy atom. The van der Waals surface area contributed by atoms with E-state index in [1.165, 1.54) is 47.5 Å². The van der Waals surface area contributed by atoms with Gasteiger partial charge in [0.05, 0.1) is 16.7 Å². The minimum Gasteiger partial charge on any atom is -0.387 e. The summed E-state index contributed by atoms with van der Waals surface area (Å²) in [5.74, 6) is 0. The van der Waals surface area contributed by atoms with Gasteiger partial charge in [-0.2, -0.15) is 0 Å². The monoisotopic (exact) mass is 274 g/mol. The number of aromatic nitrogens is 2. The van der Waals surface area contributed by atoms with Crippen molar-refractivity contribution >= 4 is 11.5 Å². The van der Waals surface area contributed by atoms with Crippen molar-refractivity contribution in [1.82, 2.24) is 9.59 Å². The Kier molecular flexibility index (Phi) is 3.62. The summed E-state index contributed by atoms with van der Waals surface area (Å²) in [5, 5.41) is 14.4. The molecule has 0 aliphatic heterocycles. The Bertz CT molecular complexity index is 579. The van der Waals surface area contributed by atoms with Crippen LogP contribution in [0.15, 0.2) is 18.2 Å². The summed E-state index contributed by atoms with van der Waals surface area (Å²) in [7, 11) is 0. The van der Waals surface area contributed by atoms with E-state index < -0.39 is 6.10 Å². The van der Waals surface area contributed by atoms with Crippen LogP contribution < -0.4 is 0 Å². The standard InChI is InChI=1S/C15H18N2OS/c1-2-13-15(19-17-16-13)14(18)9-10-6-7-11-4-3-5-12(11)8-10/h6-8,14,18H,2-5,9H2,1H3. The highest BCUT2D eigenvalue weighted by Crippen LogP contribution is 2.27. The van der Waals surface area contributed by atoms with E-state index in [1.54, 1.807) is 0 Å². The van der Waals surface area contributed by atoms with Gasteiger partial charge in [0.25, 0.3) is 0 Å². The van der Waals surface area contributed by atoms with Gasteiger partial charge < -0.3 is 5.11 Å². The number of rotatable bonds is 4. The van der Waals surface area contributed by atoms with Crippen molar-refractivity contribution in [3.05, 3.63) is 45.5 Å². The highest BCUT2D eigenvalue weighted by atomic mass is 32.1. The van der Waals surface area contributed by atoms with Crippen LogP contribution in [0.5, 0.6) is 0 Å². The maximum absolute atomic E-state index is 10.4. The minimum absolute atomic E-state index is 0.477. The van der Waals surface area contributed by atoms with Crippen molar-refractivity contribution in [3.8, 4) is 0 Å². The largest absolute Gasteiger partial charge is 0.387 e. The molecule has 3 nitrogen and oxygen atoms in total. The summed E-state index contributed by atoms with van der Waals surface area (Å²) in [6.45, 7) is 2.04. The SMILES string of the molecule is CCc1nnsc1C(O)Cc1ccc2c(c1)CCC2. The molecule has 1 aromatic carbocycles. The second-order valence-electron chi connectivity index (χ2n) is 5.11. The van der Waals surface area contributed by atoms with Crippen LogP contribution in [0.25, 0.3) is 0 Å². The predicted octanol–water partition coefficient (Wildman–Crippen LogP) is 2.87. The number of benzene rings is 1. The van der Waals surface area contributed by atoms with Crippen LogP contribution >= 0.6 is 11.5 Å². The number of fused-ring (bicyclic) bond motifs is 1. The molecule has 19 heavy (non-hydrogen) atoms. The molecule has 3 rings (SSSR count). The first-order chi connectivity index (χ1) is 9.28. The van der Waals surface area contributed by atoms with E-state index in [0.717, 1.165) is 17.0 Å². The predicted molar refractivity (Wildman–Crippen MR) is 76.4 cm³/mol. The van der Waals surface area contributed by atoms with Crippen LogP contribution in [0.3, 0.4) is 0 Å². The van der Waals surface area contributed by atoms with Gasteiger partial charge >= 0.3 is 0 Å².